The average Bonchev–Trinajstić information content (AvgIpc) is 3.20. The smallest absolute Gasteiger partial charge is 0.255 e. The largest absolute Gasteiger partial charge is 0.381 e. The molecule has 2 aromatic rings. The van der Waals surface area contributed by atoms with Gasteiger partial charge in [0, 0.05) is 61.5 Å². The highest BCUT2D eigenvalue weighted by molar-refractivity contribution is 6.06. The van der Waals surface area contributed by atoms with Crippen LogP contribution in [0.25, 0.3) is 0 Å². The van der Waals surface area contributed by atoms with Crippen LogP contribution >= 0.6 is 0 Å². The average molecular weight is 468 g/mol. The summed E-state index contributed by atoms with van der Waals surface area (Å²) in [6.45, 7) is 4.07. The van der Waals surface area contributed by atoms with Crippen LogP contribution in [0.4, 0.5) is 10.1 Å². The minimum absolute atomic E-state index is 0.000538. The molecule has 5 rings (SSSR count). The number of fused-ring (bicyclic) bond motifs is 1. The second-order valence-electron chi connectivity index (χ2n) is 8.71. The van der Waals surface area contributed by atoms with Crippen LogP contribution < -0.4 is 10.6 Å². The van der Waals surface area contributed by atoms with E-state index in [1.54, 1.807) is 24.3 Å². The lowest BCUT2D eigenvalue weighted by molar-refractivity contribution is -0.136. The minimum Gasteiger partial charge on any atom is -0.381 e. The molecule has 2 fully saturated rings. The summed E-state index contributed by atoms with van der Waals surface area (Å²) in [5.74, 6) is -1.98. The summed E-state index contributed by atoms with van der Waals surface area (Å²) in [6.07, 6.45) is -0.0537. The Morgan fingerprint density at radius 2 is 2.00 bits per heavy atom. The van der Waals surface area contributed by atoms with Crippen LogP contribution in [-0.4, -0.2) is 59.8 Å². The lowest BCUT2D eigenvalue weighted by atomic mass is 10.0. The van der Waals surface area contributed by atoms with E-state index < -0.39 is 23.7 Å². The molecule has 2 aromatic carbocycles. The molecule has 3 aliphatic rings. The van der Waals surface area contributed by atoms with Crippen molar-refractivity contribution in [2.45, 2.75) is 38.5 Å². The molecule has 178 valence electrons. The molecule has 2 saturated heterocycles. The number of anilines is 1. The van der Waals surface area contributed by atoms with Crippen LogP contribution in [0.15, 0.2) is 36.4 Å². The molecule has 0 unspecified atom stereocenters. The first-order valence-corrected chi connectivity index (χ1v) is 11.4. The van der Waals surface area contributed by atoms with E-state index in [2.05, 4.69) is 15.5 Å². The molecule has 0 bridgehead atoms. The highest BCUT2D eigenvalue weighted by Crippen LogP contribution is 2.32. The fraction of sp³-hybridized carbons (Fsp3) is 0.400. The van der Waals surface area contributed by atoms with Gasteiger partial charge in [0.25, 0.3) is 5.91 Å². The van der Waals surface area contributed by atoms with E-state index in [1.165, 1.54) is 11.0 Å². The fourth-order valence-electron chi connectivity index (χ4n) is 4.65. The van der Waals surface area contributed by atoms with Crippen molar-refractivity contribution in [2.75, 3.05) is 31.6 Å². The summed E-state index contributed by atoms with van der Waals surface area (Å²) in [5.41, 5.74) is 3.22. The van der Waals surface area contributed by atoms with Gasteiger partial charge in [0.15, 0.2) is 0 Å². The second kappa shape index (κ2) is 9.52. The summed E-state index contributed by atoms with van der Waals surface area (Å²) < 4.78 is 28.6. The summed E-state index contributed by atoms with van der Waals surface area (Å²) >= 11 is 0. The molecule has 3 heterocycles. The van der Waals surface area contributed by atoms with E-state index in [9.17, 15) is 18.8 Å². The van der Waals surface area contributed by atoms with Crippen molar-refractivity contribution in [3.63, 3.8) is 0 Å². The number of carbonyl (C=O) groups excluding carboxylic acids is 3. The zero-order chi connectivity index (χ0) is 24.6. The maximum atomic E-state index is 14.6. The van der Waals surface area contributed by atoms with E-state index in [1.807, 2.05) is 6.07 Å². The lowest BCUT2D eigenvalue weighted by Crippen LogP contribution is -2.52. The van der Waals surface area contributed by atoms with Gasteiger partial charge in [-0.15, -0.1) is 0 Å². The number of nitrogens with one attached hydrogen (secondary N) is 2. The van der Waals surface area contributed by atoms with Crippen molar-refractivity contribution in [1.29, 1.82) is 0 Å². The number of imide groups is 1. The molecule has 1 atom stereocenters. The van der Waals surface area contributed by atoms with Gasteiger partial charge in [0.05, 0.1) is 14.6 Å². The Morgan fingerprint density at radius 1 is 1.18 bits per heavy atom. The van der Waals surface area contributed by atoms with Gasteiger partial charge >= 0.3 is 0 Å². The normalized spacial score (nSPS) is 23.5. The first-order valence-electron chi connectivity index (χ1n) is 11.9. The highest BCUT2D eigenvalue weighted by atomic mass is 19.1. The Kier molecular flexibility index (Phi) is 5.95. The molecule has 0 aromatic heterocycles. The number of rotatable bonds is 6. The topological polar surface area (TPSA) is 91.0 Å². The quantitative estimate of drug-likeness (QED) is 0.632. The molecule has 0 radical (unpaired) electrons. The summed E-state index contributed by atoms with van der Waals surface area (Å²) in [6, 6.07) is 8.43. The standard InChI is InChI=1S/C25H27FN4O4/c26-20-5-4-16(14-29-8-10-34-11-9-29)12-17(20)13-27-21-3-1-2-18-19(21)15-30(25(18)33)22-6-7-23(31)28-24(22)32/h1-5,12,22,27H,6-11,13-15H2,(H,28,31,32)/t22-/m1/s1/i22D. The summed E-state index contributed by atoms with van der Waals surface area (Å²) in [4.78, 5) is 40.5. The lowest BCUT2D eigenvalue weighted by Gasteiger charge is -2.29. The zero-order valence-electron chi connectivity index (χ0n) is 19.7. The first kappa shape index (κ1) is 21.2. The van der Waals surface area contributed by atoms with E-state index in [4.69, 9.17) is 6.11 Å². The predicted molar refractivity (Wildman–Crippen MR) is 122 cm³/mol. The van der Waals surface area contributed by atoms with E-state index in [0.717, 1.165) is 25.2 Å². The Hall–Kier alpha value is -3.30. The molecule has 0 aliphatic carbocycles. The van der Waals surface area contributed by atoms with Gasteiger partial charge in [-0.05, 0) is 36.2 Å². The summed E-state index contributed by atoms with van der Waals surface area (Å²) in [5, 5.41) is 5.41. The van der Waals surface area contributed by atoms with Crippen molar-refractivity contribution in [1.82, 2.24) is 15.1 Å². The van der Waals surface area contributed by atoms with E-state index in [-0.39, 0.29) is 31.7 Å². The van der Waals surface area contributed by atoms with Crippen molar-refractivity contribution in [3.8, 4) is 0 Å². The van der Waals surface area contributed by atoms with Gasteiger partial charge in [-0.3, -0.25) is 24.6 Å². The van der Waals surface area contributed by atoms with Gasteiger partial charge in [0.1, 0.15) is 11.8 Å². The summed E-state index contributed by atoms with van der Waals surface area (Å²) in [7, 11) is 0. The Morgan fingerprint density at radius 3 is 2.79 bits per heavy atom. The molecule has 0 spiro atoms. The molecule has 3 amide bonds. The third kappa shape index (κ3) is 4.53. The van der Waals surface area contributed by atoms with Crippen molar-refractivity contribution in [2.24, 2.45) is 0 Å². The number of carbonyl (C=O) groups is 3. The van der Waals surface area contributed by atoms with Crippen molar-refractivity contribution in [3.05, 3.63) is 64.5 Å². The number of piperidine rings is 1. The van der Waals surface area contributed by atoms with Gasteiger partial charge in [-0.2, -0.15) is 0 Å². The maximum Gasteiger partial charge on any atom is 0.255 e. The van der Waals surface area contributed by atoms with Crippen LogP contribution in [0.5, 0.6) is 0 Å². The van der Waals surface area contributed by atoms with E-state index in [0.29, 0.717) is 35.6 Å². The van der Waals surface area contributed by atoms with Crippen LogP contribution in [0.3, 0.4) is 0 Å². The predicted octanol–water partition coefficient (Wildman–Crippen LogP) is 2.03. The number of amides is 3. The Labute approximate surface area is 198 Å². The second-order valence-corrected chi connectivity index (χ2v) is 8.71. The molecule has 34 heavy (non-hydrogen) atoms. The van der Waals surface area contributed by atoms with Crippen LogP contribution in [-0.2, 0) is 34.0 Å². The van der Waals surface area contributed by atoms with E-state index >= 15 is 0 Å². The van der Waals surface area contributed by atoms with Crippen LogP contribution in [0, 0.1) is 5.82 Å². The number of morpholine rings is 1. The molecular weight excluding hydrogens is 439 g/mol. The van der Waals surface area contributed by atoms with Gasteiger partial charge in [0.2, 0.25) is 11.8 Å². The number of halogens is 1. The molecular formula is C25H27FN4O4. The molecule has 0 saturated carbocycles. The molecule has 8 nitrogen and oxygen atoms in total. The number of hydrogen-bond donors (Lipinski definition) is 2. The first-order chi connectivity index (χ1) is 16.8. The third-order valence-electron chi connectivity index (χ3n) is 6.49. The van der Waals surface area contributed by atoms with Crippen LogP contribution in [0.1, 0.15) is 41.3 Å². The fourth-order valence-corrected chi connectivity index (χ4v) is 4.65. The maximum absolute atomic E-state index is 14.6. The Bertz CT molecular complexity index is 1190. The van der Waals surface area contributed by atoms with Gasteiger partial charge in [-0.25, -0.2) is 4.39 Å². The molecule has 9 heteroatoms. The number of nitrogens with zero attached hydrogens (tertiary/aromatic N) is 2. The Balaban J connectivity index is 1.32. The highest BCUT2D eigenvalue weighted by Gasteiger charge is 2.39. The zero-order valence-corrected chi connectivity index (χ0v) is 18.7. The molecule has 2 N–H and O–H groups in total. The van der Waals surface area contributed by atoms with Crippen molar-refractivity contribution < 1.29 is 24.9 Å². The minimum atomic E-state index is -1.85. The van der Waals surface area contributed by atoms with Crippen molar-refractivity contribution >= 4 is 23.4 Å². The van der Waals surface area contributed by atoms with Gasteiger partial charge in [-0.1, -0.05) is 12.1 Å². The monoisotopic (exact) mass is 467 g/mol. The number of hydrogen-bond acceptors (Lipinski definition) is 6. The van der Waals surface area contributed by atoms with Crippen LogP contribution in [0.2, 0.25) is 0 Å². The number of ether oxygens (including phenoxy) is 1. The number of benzene rings is 2. The molecule has 3 aliphatic heterocycles. The SMILES string of the molecule is [2H][C@@]1(N2Cc3c(NCc4cc(CN5CCOCC5)ccc4F)cccc3C2=O)CCC(=O)NC1=O. The third-order valence-corrected chi connectivity index (χ3v) is 6.49. The van der Waals surface area contributed by atoms with Gasteiger partial charge < -0.3 is 15.0 Å².